The zero-order valence-corrected chi connectivity index (χ0v) is 11.9. The number of benzene rings is 2. The van der Waals surface area contributed by atoms with E-state index in [0.717, 1.165) is 11.1 Å². The van der Waals surface area contributed by atoms with Gasteiger partial charge in [0.25, 0.3) is 0 Å². The van der Waals surface area contributed by atoms with E-state index >= 15 is 0 Å². The van der Waals surface area contributed by atoms with Crippen LogP contribution in [0.1, 0.15) is 21.5 Å². The standard InChI is InChI=1S/C16H17NO4/c1-10-4-3-5-12(15(10)18)9-17-13-8-11(16(19)20)6-7-14(13)21-2/h3-8,17-18H,9H2,1-2H3,(H,19,20). The number of methoxy groups -OCH3 is 1. The molecular weight excluding hydrogens is 270 g/mol. The van der Waals surface area contributed by atoms with Crippen molar-refractivity contribution in [2.45, 2.75) is 13.5 Å². The van der Waals surface area contributed by atoms with Crippen LogP contribution in [0.4, 0.5) is 5.69 Å². The Morgan fingerprint density at radius 3 is 2.71 bits per heavy atom. The highest BCUT2D eigenvalue weighted by Crippen LogP contribution is 2.28. The van der Waals surface area contributed by atoms with E-state index in [1.165, 1.54) is 19.2 Å². The fraction of sp³-hybridized carbons (Fsp3) is 0.188. The lowest BCUT2D eigenvalue weighted by Crippen LogP contribution is -2.04. The van der Waals surface area contributed by atoms with Crippen molar-refractivity contribution in [3.05, 3.63) is 53.1 Å². The summed E-state index contributed by atoms with van der Waals surface area (Å²) in [5.41, 5.74) is 2.27. The predicted octanol–water partition coefficient (Wildman–Crippen LogP) is 3.02. The van der Waals surface area contributed by atoms with Gasteiger partial charge in [-0.25, -0.2) is 4.79 Å². The van der Waals surface area contributed by atoms with Crippen LogP contribution in [0.5, 0.6) is 11.5 Å². The van der Waals surface area contributed by atoms with Crippen molar-refractivity contribution >= 4 is 11.7 Å². The van der Waals surface area contributed by atoms with Gasteiger partial charge < -0.3 is 20.3 Å². The Morgan fingerprint density at radius 2 is 2.05 bits per heavy atom. The van der Waals surface area contributed by atoms with E-state index in [2.05, 4.69) is 5.32 Å². The van der Waals surface area contributed by atoms with Crippen LogP contribution in [-0.4, -0.2) is 23.3 Å². The van der Waals surface area contributed by atoms with E-state index in [1.807, 2.05) is 25.1 Å². The minimum atomic E-state index is -1.00. The molecule has 2 aromatic rings. The lowest BCUT2D eigenvalue weighted by Gasteiger charge is -2.13. The van der Waals surface area contributed by atoms with Crippen molar-refractivity contribution < 1.29 is 19.7 Å². The van der Waals surface area contributed by atoms with Crippen molar-refractivity contribution in [1.82, 2.24) is 0 Å². The molecule has 21 heavy (non-hydrogen) atoms. The van der Waals surface area contributed by atoms with Crippen LogP contribution < -0.4 is 10.1 Å². The van der Waals surface area contributed by atoms with E-state index in [1.54, 1.807) is 6.07 Å². The molecule has 0 atom stereocenters. The number of phenolic OH excluding ortho intramolecular Hbond substituents is 1. The van der Waals surface area contributed by atoms with Gasteiger partial charge in [-0.15, -0.1) is 0 Å². The number of ether oxygens (including phenoxy) is 1. The van der Waals surface area contributed by atoms with Gasteiger partial charge in [-0.1, -0.05) is 18.2 Å². The first-order chi connectivity index (χ1) is 10.0. The number of hydrogen-bond acceptors (Lipinski definition) is 4. The molecule has 0 aliphatic carbocycles. The zero-order chi connectivity index (χ0) is 15.4. The largest absolute Gasteiger partial charge is 0.507 e. The van der Waals surface area contributed by atoms with Gasteiger partial charge in [0.15, 0.2) is 0 Å². The van der Waals surface area contributed by atoms with Crippen LogP contribution in [0.15, 0.2) is 36.4 Å². The van der Waals surface area contributed by atoms with Crippen molar-refractivity contribution in [2.24, 2.45) is 0 Å². The van der Waals surface area contributed by atoms with Crippen LogP contribution in [-0.2, 0) is 6.54 Å². The minimum absolute atomic E-state index is 0.173. The summed E-state index contributed by atoms with van der Waals surface area (Å²) in [5, 5.41) is 22.1. The van der Waals surface area contributed by atoms with Crippen molar-refractivity contribution in [3.8, 4) is 11.5 Å². The van der Waals surface area contributed by atoms with Crippen molar-refractivity contribution in [3.63, 3.8) is 0 Å². The monoisotopic (exact) mass is 287 g/mol. The summed E-state index contributed by atoms with van der Waals surface area (Å²) in [5.74, 6) is -0.218. The zero-order valence-electron chi connectivity index (χ0n) is 11.9. The smallest absolute Gasteiger partial charge is 0.335 e. The van der Waals surface area contributed by atoms with Crippen molar-refractivity contribution in [2.75, 3.05) is 12.4 Å². The maximum Gasteiger partial charge on any atom is 0.335 e. The Hall–Kier alpha value is -2.69. The fourth-order valence-electron chi connectivity index (χ4n) is 2.03. The lowest BCUT2D eigenvalue weighted by molar-refractivity contribution is 0.0697. The Labute approximate surface area is 122 Å². The minimum Gasteiger partial charge on any atom is -0.507 e. The molecule has 5 heteroatoms. The Kier molecular flexibility index (Phi) is 4.33. The highest BCUT2D eigenvalue weighted by molar-refractivity contribution is 5.89. The average Bonchev–Trinajstić information content (AvgIpc) is 2.48. The summed E-state index contributed by atoms with van der Waals surface area (Å²) in [6, 6.07) is 10.1. The van der Waals surface area contributed by atoms with Gasteiger partial charge in [0.05, 0.1) is 18.4 Å². The summed E-state index contributed by atoms with van der Waals surface area (Å²) in [7, 11) is 1.52. The van der Waals surface area contributed by atoms with Crippen LogP contribution in [0.3, 0.4) is 0 Å². The summed E-state index contributed by atoms with van der Waals surface area (Å²) in [6.07, 6.45) is 0. The van der Waals surface area contributed by atoms with Crippen molar-refractivity contribution in [1.29, 1.82) is 0 Å². The number of aromatic hydroxyl groups is 1. The number of rotatable bonds is 5. The van der Waals surface area contributed by atoms with Gasteiger partial charge in [-0.2, -0.15) is 0 Å². The number of carbonyl (C=O) groups is 1. The first-order valence-electron chi connectivity index (χ1n) is 6.45. The molecule has 0 aliphatic rings. The molecule has 0 heterocycles. The van der Waals surface area contributed by atoms with Gasteiger partial charge in [0.2, 0.25) is 0 Å². The fourth-order valence-corrected chi connectivity index (χ4v) is 2.03. The Bertz CT molecular complexity index is 667. The molecule has 0 fully saturated rings. The maximum atomic E-state index is 11.0. The average molecular weight is 287 g/mol. The number of aromatic carboxylic acids is 1. The molecule has 0 bridgehead atoms. The maximum absolute atomic E-state index is 11.0. The first-order valence-corrected chi connectivity index (χ1v) is 6.45. The molecular formula is C16H17NO4. The Balaban J connectivity index is 2.24. The number of aryl methyl sites for hydroxylation is 1. The molecule has 0 unspecified atom stereocenters. The normalized spacial score (nSPS) is 10.2. The summed E-state index contributed by atoms with van der Waals surface area (Å²) in [4.78, 5) is 11.0. The summed E-state index contributed by atoms with van der Waals surface area (Å²) >= 11 is 0. The molecule has 0 spiro atoms. The lowest BCUT2D eigenvalue weighted by atomic mass is 10.1. The van der Waals surface area contributed by atoms with Crippen LogP contribution in [0.2, 0.25) is 0 Å². The predicted molar refractivity (Wildman–Crippen MR) is 80.1 cm³/mol. The summed E-state index contributed by atoms with van der Waals surface area (Å²) < 4.78 is 5.20. The van der Waals surface area contributed by atoms with Crippen LogP contribution in [0, 0.1) is 6.92 Å². The summed E-state index contributed by atoms with van der Waals surface area (Å²) in [6.45, 7) is 2.19. The molecule has 3 N–H and O–H groups in total. The van der Waals surface area contributed by atoms with Gasteiger partial charge in [-0.3, -0.25) is 0 Å². The number of nitrogens with one attached hydrogen (secondary N) is 1. The molecule has 0 aromatic heterocycles. The third kappa shape index (κ3) is 3.25. The third-order valence-corrected chi connectivity index (χ3v) is 3.24. The van der Waals surface area contributed by atoms with Gasteiger partial charge in [0, 0.05) is 12.1 Å². The van der Waals surface area contributed by atoms with Gasteiger partial charge >= 0.3 is 5.97 Å². The molecule has 5 nitrogen and oxygen atoms in total. The van der Waals surface area contributed by atoms with E-state index in [9.17, 15) is 9.90 Å². The second-order valence-electron chi connectivity index (χ2n) is 4.66. The second kappa shape index (κ2) is 6.17. The highest BCUT2D eigenvalue weighted by Gasteiger charge is 2.10. The number of carboxylic acid groups (broad SMARTS) is 1. The number of para-hydroxylation sites is 1. The van der Waals surface area contributed by atoms with E-state index < -0.39 is 5.97 Å². The van der Waals surface area contributed by atoms with E-state index in [0.29, 0.717) is 18.0 Å². The number of hydrogen-bond donors (Lipinski definition) is 3. The van der Waals surface area contributed by atoms with E-state index in [4.69, 9.17) is 9.84 Å². The number of anilines is 1. The third-order valence-electron chi connectivity index (χ3n) is 3.24. The molecule has 0 saturated carbocycles. The number of phenols is 1. The Morgan fingerprint density at radius 1 is 1.29 bits per heavy atom. The van der Waals surface area contributed by atoms with E-state index in [-0.39, 0.29) is 11.3 Å². The molecule has 0 amide bonds. The second-order valence-corrected chi connectivity index (χ2v) is 4.66. The molecule has 2 rings (SSSR count). The van der Waals surface area contributed by atoms with Crippen LogP contribution >= 0.6 is 0 Å². The molecule has 110 valence electrons. The topological polar surface area (TPSA) is 78.8 Å². The van der Waals surface area contributed by atoms with Gasteiger partial charge in [-0.05, 0) is 30.7 Å². The van der Waals surface area contributed by atoms with Gasteiger partial charge in [0.1, 0.15) is 11.5 Å². The molecule has 0 aliphatic heterocycles. The SMILES string of the molecule is COc1ccc(C(=O)O)cc1NCc1cccc(C)c1O. The molecule has 2 aromatic carbocycles. The quantitative estimate of drug-likeness (QED) is 0.787. The molecule has 0 radical (unpaired) electrons. The molecule has 0 saturated heterocycles. The number of carboxylic acids is 1. The van der Waals surface area contributed by atoms with Crippen LogP contribution in [0.25, 0.3) is 0 Å². The first kappa shape index (κ1) is 14.7. The highest BCUT2D eigenvalue weighted by atomic mass is 16.5.